The molecule has 0 saturated heterocycles. The lowest BCUT2D eigenvalue weighted by Gasteiger charge is -2.17. The third-order valence-corrected chi connectivity index (χ3v) is 3.37. The molecule has 102 valence electrons. The van der Waals surface area contributed by atoms with E-state index in [-0.39, 0.29) is 6.04 Å². The van der Waals surface area contributed by atoms with Crippen LogP contribution in [0.4, 0.5) is 0 Å². The summed E-state index contributed by atoms with van der Waals surface area (Å²) >= 11 is 0. The van der Waals surface area contributed by atoms with Gasteiger partial charge < -0.3 is 10.1 Å². The van der Waals surface area contributed by atoms with Crippen molar-refractivity contribution < 1.29 is 4.74 Å². The van der Waals surface area contributed by atoms with Gasteiger partial charge in [-0.25, -0.2) is 0 Å². The van der Waals surface area contributed by atoms with Crippen molar-refractivity contribution in [3.63, 3.8) is 0 Å². The Balaban J connectivity index is 2.21. The number of methoxy groups -OCH3 is 1. The minimum absolute atomic E-state index is 0.240. The molecule has 0 fully saturated rings. The Morgan fingerprint density at radius 2 is 2.16 bits per heavy atom. The van der Waals surface area contributed by atoms with E-state index in [0.29, 0.717) is 0 Å². The first-order valence-corrected chi connectivity index (χ1v) is 6.44. The predicted octanol–water partition coefficient (Wildman–Crippen LogP) is 2.24. The van der Waals surface area contributed by atoms with E-state index in [1.807, 2.05) is 25.0 Å². The Bertz CT molecular complexity index is 548. The van der Waals surface area contributed by atoms with Gasteiger partial charge in [0.1, 0.15) is 5.75 Å². The van der Waals surface area contributed by atoms with Gasteiger partial charge in [0, 0.05) is 25.7 Å². The van der Waals surface area contributed by atoms with Crippen molar-refractivity contribution in [2.75, 3.05) is 14.2 Å². The second kappa shape index (κ2) is 5.89. The van der Waals surface area contributed by atoms with Crippen LogP contribution in [0.15, 0.2) is 30.5 Å². The maximum absolute atomic E-state index is 5.39. The summed E-state index contributed by atoms with van der Waals surface area (Å²) in [5, 5.41) is 7.77. The molecule has 0 aliphatic carbocycles. The molecule has 2 aromatic rings. The summed E-state index contributed by atoms with van der Waals surface area (Å²) in [4.78, 5) is 0. The number of aryl methyl sites for hydroxylation is 2. The quantitative estimate of drug-likeness (QED) is 0.895. The van der Waals surface area contributed by atoms with E-state index in [1.165, 1.54) is 5.56 Å². The molecule has 1 unspecified atom stereocenters. The molecular weight excluding hydrogens is 238 g/mol. The van der Waals surface area contributed by atoms with Crippen molar-refractivity contribution >= 4 is 0 Å². The minimum atomic E-state index is 0.240. The van der Waals surface area contributed by atoms with Crippen LogP contribution in [0.2, 0.25) is 0 Å². The summed E-state index contributed by atoms with van der Waals surface area (Å²) in [6.07, 6.45) is 2.83. The van der Waals surface area contributed by atoms with Gasteiger partial charge in [-0.15, -0.1) is 0 Å². The lowest BCUT2D eigenvalue weighted by Crippen LogP contribution is -2.19. The molecule has 4 heteroatoms. The highest BCUT2D eigenvalue weighted by atomic mass is 16.5. The van der Waals surface area contributed by atoms with Crippen LogP contribution < -0.4 is 10.1 Å². The van der Waals surface area contributed by atoms with Gasteiger partial charge in [-0.2, -0.15) is 5.10 Å². The number of likely N-dealkylation sites (N-methyl/N-ethyl adjacent to an activating group) is 1. The van der Waals surface area contributed by atoms with Gasteiger partial charge in [0.2, 0.25) is 0 Å². The van der Waals surface area contributed by atoms with Crippen molar-refractivity contribution in [2.24, 2.45) is 7.05 Å². The zero-order chi connectivity index (χ0) is 13.8. The first-order chi connectivity index (χ1) is 9.13. The Hall–Kier alpha value is -1.81. The van der Waals surface area contributed by atoms with Crippen molar-refractivity contribution in [3.8, 4) is 5.75 Å². The fourth-order valence-corrected chi connectivity index (χ4v) is 2.22. The lowest BCUT2D eigenvalue weighted by molar-refractivity contribution is 0.410. The third-order valence-electron chi connectivity index (χ3n) is 3.37. The van der Waals surface area contributed by atoms with Crippen LogP contribution in [0.3, 0.4) is 0 Å². The van der Waals surface area contributed by atoms with E-state index in [9.17, 15) is 0 Å². The van der Waals surface area contributed by atoms with E-state index in [2.05, 4.69) is 41.6 Å². The van der Waals surface area contributed by atoms with Gasteiger partial charge in [-0.3, -0.25) is 4.68 Å². The summed E-state index contributed by atoms with van der Waals surface area (Å²) in [7, 11) is 5.62. The smallest absolute Gasteiger partial charge is 0.122 e. The summed E-state index contributed by atoms with van der Waals surface area (Å²) in [6, 6.07) is 8.62. The van der Waals surface area contributed by atoms with Crippen LogP contribution in [0.1, 0.15) is 22.9 Å². The lowest BCUT2D eigenvalue weighted by atomic mass is 10.0. The number of hydrogen-bond donors (Lipinski definition) is 1. The Morgan fingerprint density at radius 3 is 2.74 bits per heavy atom. The summed E-state index contributed by atoms with van der Waals surface area (Å²) < 4.78 is 7.22. The first-order valence-electron chi connectivity index (χ1n) is 6.44. The Labute approximate surface area is 114 Å². The maximum atomic E-state index is 5.39. The molecule has 1 heterocycles. The van der Waals surface area contributed by atoms with E-state index in [1.54, 1.807) is 7.11 Å². The molecule has 1 aromatic carbocycles. The number of nitrogens with one attached hydrogen (secondary N) is 1. The van der Waals surface area contributed by atoms with Gasteiger partial charge in [0.15, 0.2) is 0 Å². The van der Waals surface area contributed by atoms with Gasteiger partial charge >= 0.3 is 0 Å². The second-order valence-electron chi connectivity index (χ2n) is 4.76. The van der Waals surface area contributed by atoms with Crippen LogP contribution in [0.25, 0.3) is 0 Å². The summed E-state index contributed by atoms with van der Waals surface area (Å²) in [5.74, 6) is 0.929. The van der Waals surface area contributed by atoms with Gasteiger partial charge in [0.05, 0.1) is 12.8 Å². The van der Waals surface area contributed by atoms with Crippen LogP contribution in [0.5, 0.6) is 5.75 Å². The summed E-state index contributed by atoms with van der Waals surface area (Å²) in [5.41, 5.74) is 3.45. The standard InChI is InChI=1S/C15H21N3O/c1-11-5-6-12(9-15(11)19-4)14(16-2)10-13-7-8-18(3)17-13/h5-9,14,16H,10H2,1-4H3. The molecular formula is C15H21N3O. The highest BCUT2D eigenvalue weighted by Crippen LogP contribution is 2.24. The highest BCUT2D eigenvalue weighted by molar-refractivity contribution is 5.38. The van der Waals surface area contributed by atoms with Crippen molar-refractivity contribution in [1.82, 2.24) is 15.1 Å². The van der Waals surface area contributed by atoms with Gasteiger partial charge in [0.25, 0.3) is 0 Å². The topological polar surface area (TPSA) is 39.1 Å². The molecule has 0 bridgehead atoms. The monoisotopic (exact) mass is 259 g/mol. The normalized spacial score (nSPS) is 12.4. The highest BCUT2D eigenvalue weighted by Gasteiger charge is 2.13. The third kappa shape index (κ3) is 3.15. The average Bonchev–Trinajstić information content (AvgIpc) is 2.82. The van der Waals surface area contributed by atoms with E-state index in [0.717, 1.165) is 23.4 Å². The van der Waals surface area contributed by atoms with Crippen LogP contribution >= 0.6 is 0 Å². The molecule has 19 heavy (non-hydrogen) atoms. The fourth-order valence-electron chi connectivity index (χ4n) is 2.22. The molecule has 0 spiro atoms. The number of hydrogen-bond acceptors (Lipinski definition) is 3. The van der Waals surface area contributed by atoms with E-state index in [4.69, 9.17) is 4.74 Å². The van der Waals surface area contributed by atoms with Crippen LogP contribution in [0, 0.1) is 6.92 Å². The summed E-state index contributed by atoms with van der Waals surface area (Å²) in [6.45, 7) is 2.05. The maximum Gasteiger partial charge on any atom is 0.122 e. The number of aromatic nitrogens is 2. The first kappa shape index (κ1) is 13.6. The molecule has 1 N–H and O–H groups in total. The minimum Gasteiger partial charge on any atom is -0.496 e. The van der Waals surface area contributed by atoms with Crippen LogP contribution in [-0.2, 0) is 13.5 Å². The Morgan fingerprint density at radius 1 is 1.37 bits per heavy atom. The van der Waals surface area contributed by atoms with E-state index < -0.39 is 0 Å². The number of nitrogens with zero attached hydrogens (tertiary/aromatic N) is 2. The largest absolute Gasteiger partial charge is 0.496 e. The molecule has 0 aliphatic rings. The average molecular weight is 259 g/mol. The van der Waals surface area contributed by atoms with Crippen molar-refractivity contribution in [3.05, 3.63) is 47.3 Å². The van der Waals surface area contributed by atoms with Crippen molar-refractivity contribution in [1.29, 1.82) is 0 Å². The molecule has 4 nitrogen and oxygen atoms in total. The zero-order valence-corrected chi connectivity index (χ0v) is 12.0. The van der Waals surface area contributed by atoms with E-state index >= 15 is 0 Å². The molecule has 0 radical (unpaired) electrons. The molecule has 2 rings (SSSR count). The SMILES string of the molecule is CNC(Cc1ccn(C)n1)c1ccc(C)c(OC)c1. The molecule has 0 saturated carbocycles. The number of ether oxygens (including phenoxy) is 1. The molecule has 1 aromatic heterocycles. The fraction of sp³-hybridized carbons (Fsp3) is 0.400. The van der Waals surface area contributed by atoms with Gasteiger partial charge in [-0.1, -0.05) is 12.1 Å². The molecule has 0 aliphatic heterocycles. The number of rotatable bonds is 5. The van der Waals surface area contributed by atoms with Gasteiger partial charge in [-0.05, 0) is 37.2 Å². The predicted molar refractivity (Wildman–Crippen MR) is 76.4 cm³/mol. The molecule has 1 atom stereocenters. The molecule has 0 amide bonds. The van der Waals surface area contributed by atoms with Crippen LogP contribution in [-0.4, -0.2) is 23.9 Å². The zero-order valence-electron chi connectivity index (χ0n) is 12.0. The number of benzene rings is 1. The van der Waals surface area contributed by atoms with Crippen molar-refractivity contribution in [2.45, 2.75) is 19.4 Å². The second-order valence-corrected chi connectivity index (χ2v) is 4.76. The Kier molecular flexibility index (Phi) is 4.22.